The van der Waals surface area contributed by atoms with Crippen molar-refractivity contribution in [2.45, 2.75) is 26.8 Å². The molecule has 3 N–H and O–H groups in total. The summed E-state index contributed by atoms with van der Waals surface area (Å²) in [7, 11) is 3.15. The van der Waals surface area contributed by atoms with E-state index in [0.717, 1.165) is 28.8 Å². The van der Waals surface area contributed by atoms with Gasteiger partial charge in [0.15, 0.2) is 6.61 Å². The lowest BCUT2D eigenvalue weighted by molar-refractivity contribution is -0.122. The fourth-order valence-electron chi connectivity index (χ4n) is 3.06. The summed E-state index contributed by atoms with van der Waals surface area (Å²) in [5.41, 5.74) is 4.07. The van der Waals surface area contributed by atoms with Crippen LogP contribution < -0.4 is 25.0 Å². The fraction of sp³-hybridized carbons (Fsp3) is 0.375. The molecule has 9 heteroatoms. The van der Waals surface area contributed by atoms with Crippen LogP contribution in [-0.2, 0) is 22.6 Å². The number of benzene rings is 2. The molecular formula is C24H32N4O4S. The predicted molar refractivity (Wildman–Crippen MR) is 133 cm³/mol. The molecule has 2 aromatic rings. The van der Waals surface area contributed by atoms with E-state index >= 15 is 0 Å². The van der Waals surface area contributed by atoms with E-state index in [4.69, 9.17) is 4.74 Å². The SMILES string of the molecule is CCc1cc(C(=O)NCc2ccc(C)cc2OCC(=O)NC)cc(N(CC(=O)NC)SC)c1. The van der Waals surface area contributed by atoms with Gasteiger partial charge in [0, 0.05) is 43.7 Å². The smallest absolute Gasteiger partial charge is 0.257 e. The van der Waals surface area contributed by atoms with Gasteiger partial charge in [0.25, 0.3) is 11.8 Å². The number of amides is 3. The summed E-state index contributed by atoms with van der Waals surface area (Å²) in [6, 6.07) is 11.3. The third kappa shape index (κ3) is 7.71. The van der Waals surface area contributed by atoms with Crippen LogP contribution in [0.3, 0.4) is 0 Å². The summed E-state index contributed by atoms with van der Waals surface area (Å²) in [5, 5.41) is 8.09. The minimum atomic E-state index is -0.231. The number of carbonyl (C=O) groups excluding carboxylic acids is 3. The van der Waals surface area contributed by atoms with E-state index in [1.807, 2.05) is 54.7 Å². The Balaban J connectivity index is 2.20. The number of rotatable bonds is 11. The number of nitrogens with one attached hydrogen (secondary N) is 3. The molecule has 0 aliphatic heterocycles. The topological polar surface area (TPSA) is 99.8 Å². The van der Waals surface area contributed by atoms with E-state index in [0.29, 0.717) is 11.3 Å². The third-order valence-electron chi connectivity index (χ3n) is 5.02. The monoisotopic (exact) mass is 472 g/mol. The number of aryl methyl sites for hydroxylation is 2. The maximum atomic E-state index is 13.0. The van der Waals surface area contributed by atoms with Crippen LogP contribution in [0.2, 0.25) is 0 Å². The van der Waals surface area contributed by atoms with Crippen molar-refractivity contribution >= 4 is 35.4 Å². The molecule has 0 saturated heterocycles. The number of anilines is 1. The van der Waals surface area contributed by atoms with Gasteiger partial charge in [-0.1, -0.05) is 31.0 Å². The van der Waals surface area contributed by atoms with Crippen LogP contribution >= 0.6 is 11.9 Å². The Morgan fingerprint density at radius 3 is 2.39 bits per heavy atom. The van der Waals surface area contributed by atoms with Crippen LogP contribution in [0.25, 0.3) is 0 Å². The lowest BCUT2D eigenvalue weighted by atomic mass is 10.1. The van der Waals surface area contributed by atoms with Crippen molar-refractivity contribution in [1.82, 2.24) is 16.0 Å². The molecule has 0 unspecified atom stereocenters. The lowest BCUT2D eigenvalue weighted by Gasteiger charge is -2.22. The summed E-state index contributed by atoms with van der Waals surface area (Å²) < 4.78 is 7.49. The molecular weight excluding hydrogens is 440 g/mol. The zero-order valence-electron chi connectivity index (χ0n) is 19.8. The van der Waals surface area contributed by atoms with Gasteiger partial charge in [-0.2, -0.15) is 0 Å². The number of hydrogen-bond donors (Lipinski definition) is 3. The second-order valence-corrected chi connectivity index (χ2v) is 8.20. The van der Waals surface area contributed by atoms with E-state index in [2.05, 4.69) is 16.0 Å². The summed E-state index contributed by atoms with van der Waals surface area (Å²) in [5.74, 6) is -0.0159. The summed E-state index contributed by atoms with van der Waals surface area (Å²) in [6.45, 7) is 4.28. The number of ether oxygens (including phenoxy) is 1. The summed E-state index contributed by atoms with van der Waals surface area (Å²) in [4.78, 5) is 36.4. The van der Waals surface area contributed by atoms with E-state index in [-0.39, 0.29) is 37.4 Å². The minimum absolute atomic E-state index is 0.0986. The zero-order chi connectivity index (χ0) is 24.4. The van der Waals surface area contributed by atoms with Crippen molar-refractivity contribution in [2.75, 3.05) is 37.8 Å². The first-order valence-corrected chi connectivity index (χ1v) is 11.9. The fourth-order valence-corrected chi connectivity index (χ4v) is 3.62. The Morgan fingerprint density at radius 2 is 1.76 bits per heavy atom. The Kier molecular flexibility index (Phi) is 10.1. The maximum Gasteiger partial charge on any atom is 0.257 e. The quantitative estimate of drug-likeness (QED) is 0.435. The van der Waals surface area contributed by atoms with Crippen LogP contribution in [0.15, 0.2) is 36.4 Å². The van der Waals surface area contributed by atoms with Crippen molar-refractivity contribution < 1.29 is 19.1 Å². The summed E-state index contributed by atoms with van der Waals surface area (Å²) in [6.07, 6.45) is 2.64. The van der Waals surface area contributed by atoms with Gasteiger partial charge in [-0.05, 0) is 48.7 Å². The second kappa shape index (κ2) is 12.7. The van der Waals surface area contributed by atoms with Crippen LogP contribution in [0.4, 0.5) is 5.69 Å². The highest BCUT2D eigenvalue weighted by Gasteiger charge is 2.15. The molecule has 0 atom stereocenters. The predicted octanol–water partition coefficient (Wildman–Crippen LogP) is 2.44. The van der Waals surface area contributed by atoms with Crippen molar-refractivity contribution in [3.63, 3.8) is 0 Å². The van der Waals surface area contributed by atoms with Gasteiger partial charge in [0.1, 0.15) is 12.3 Å². The largest absolute Gasteiger partial charge is 0.483 e. The van der Waals surface area contributed by atoms with E-state index in [1.54, 1.807) is 20.2 Å². The molecule has 2 rings (SSSR count). The first-order chi connectivity index (χ1) is 15.8. The Bertz CT molecular complexity index is 996. The maximum absolute atomic E-state index is 13.0. The van der Waals surface area contributed by atoms with E-state index < -0.39 is 0 Å². The van der Waals surface area contributed by atoms with Gasteiger partial charge in [0.05, 0.1) is 0 Å². The highest BCUT2D eigenvalue weighted by Crippen LogP contribution is 2.25. The van der Waals surface area contributed by atoms with Gasteiger partial charge < -0.3 is 25.0 Å². The van der Waals surface area contributed by atoms with Gasteiger partial charge in [0.2, 0.25) is 5.91 Å². The average Bonchev–Trinajstić information content (AvgIpc) is 2.84. The van der Waals surface area contributed by atoms with Crippen LogP contribution in [0, 0.1) is 6.92 Å². The van der Waals surface area contributed by atoms with Crippen molar-refractivity contribution in [3.8, 4) is 5.75 Å². The van der Waals surface area contributed by atoms with Gasteiger partial charge >= 0.3 is 0 Å². The molecule has 0 fully saturated rings. The van der Waals surface area contributed by atoms with Gasteiger partial charge in [-0.3, -0.25) is 14.4 Å². The highest BCUT2D eigenvalue weighted by molar-refractivity contribution is 8.00. The molecule has 178 valence electrons. The molecule has 0 saturated carbocycles. The van der Waals surface area contributed by atoms with E-state index in [1.165, 1.54) is 11.9 Å². The van der Waals surface area contributed by atoms with Crippen molar-refractivity contribution in [1.29, 1.82) is 0 Å². The van der Waals surface area contributed by atoms with Gasteiger partial charge in [-0.25, -0.2) is 0 Å². The molecule has 8 nitrogen and oxygen atoms in total. The Labute approximate surface area is 199 Å². The highest BCUT2D eigenvalue weighted by atomic mass is 32.2. The molecule has 0 aliphatic rings. The van der Waals surface area contributed by atoms with Gasteiger partial charge in [-0.15, -0.1) is 0 Å². The number of likely N-dealkylation sites (N-methyl/N-ethyl adjacent to an activating group) is 2. The first-order valence-electron chi connectivity index (χ1n) is 10.7. The standard InChI is InChI=1S/C24H32N4O4S/c1-6-17-10-19(12-20(11-17)28(33-5)14-22(29)25-3)24(31)27-13-18-8-7-16(2)9-21(18)32-15-23(30)26-4/h7-12H,6,13-15H2,1-5H3,(H,25,29)(H,26,30)(H,27,31). The lowest BCUT2D eigenvalue weighted by Crippen LogP contribution is -2.31. The Morgan fingerprint density at radius 1 is 1.03 bits per heavy atom. The normalized spacial score (nSPS) is 10.3. The average molecular weight is 473 g/mol. The van der Waals surface area contributed by atoms with Crippen molar-refractivity contribution in [2.24, 2.45) is 0 Å². The molecule has 0 bridgehead atoms. The molecule has 0 heterocycles. The third-order valence-corrected chi connectivity index (χ3v) is 5.80. The molecule has 2 aromatic carbocycles. The first kappa shape index (κ1) is 26.1. The van der Waals surface area contributed by atoms with Crippen LogP contribution in [0.1, 0.15) is 34.0 Å². The zero-order valence-corrected chi connectivity index (χ0v) is 20.6. The minimum Gasteiger partial charge on any atom is -0.483 e. The number of carbonyl (C=O) groups is 3. The number of nitrogens with zero attached hydrogens (tertiary/aromatic N) is 1. The molecule has 0 spiro atoms. The second-order valence-electron chi connectivity index (χ2n) is 7.39. The van der Waals surface area contributed by atoms with Crippen molar-refractivity contribution in [3.05, 3.63) is 58.7 Å². The molecule has 0 radical (unpaired) electrons. The molecule has 0 aromatic heterocycles. The Hall–Kier alpha value is -3.20. The van der Waals surface area contributed by atoms with Crippen LogP contribution in [-0.4, -0.2) is 51.2 Å². The summed E-state index contributed by atoms with van der Waals surface area (Å²) >= 11 is 1.42. The van der Waals surface area contributed by atoms with Crippen LogP contribution in [0.5, 0.6) is 5.75 Å². The van der Waals surface area contributed by atoms with E-state index in [9.17, 15) is 14.4 Å². The molecule has 33 heavy (non-hydrogen) atoms. The number of hydrogen-bond acceptors (Lipinski definition) is 6. The molecule has 0 aliphatic carbocycles. The molecule has 3 amide bonds.